The number of rotatable bonds is 4. The predicted molar refractivity (Wildman–Crippen MR) is 70.8 cm³/mol. The second kappa shape index (κ2) is 5.56. The Bertz CT molecular complexity index is 590. The highest BCUT2D eigenvalue weighted by atomic mass is 16.5. The Morgan fingerprint density at radius 1 is 1.26 bits per heavy atom. The smallest absolute Gasteiger partial charge is 0.284 e. The Labute approximate surface area is 111 Å². The van der Waals surface area contributed by atoms with Crippen LogP contribution in [0.3, 0.4) is 0 Å². The molecule has 0 aliphatic heterocycles. The summed E-state index contributed by atoms with van der Waals surface area (Å²) in [6.07, 6.45) is 0. The van der Waals surface area contributed by atoms with Gasteiger partial charge in [0.2, 0.25) is 0 Å². The lowest BCUT2D eigenvalue weighted by Crippen LogP contribution is -2.21. The first kappa shape index (κ1) is 13.1. The fraction of sp³-hybridized carbons (Fsp3) is 0.286. The van der Waals surface area contributed by atoms with Gasteiger partial charge in [0, 0.05) is 11.8 Å². The molecule has 0 amide bonds. The maximum Gasteiger partial charge on any atom is 0.284 e. The van der Waals surface area contributed by atoms with E-state index in [-0.39, 0.29) is 12.5 Å². The molecule has 0 unspecified atom stereocenters. The summed E-state index contributed by atoms with van der Waals surface area (Å²) in [5, 5.41) is 4.12. The maximum absolute atomic E-state index is 12.0. The van der Waals surface area contributed by atoms with E-state index in [1.54, 1.807) is 19.2 Å². The summed E-state index contributed by atoms with van der Waals surface area (Å²) >= 11 is 0. The molecule has 5 nitrogen and oxygen atoms in total. The van der Waals surface area contributed by atoms with Crippen molar-refractivity contribution in [1.29, 1.82) is 0 Å². The average Bonchev–Trinajstić information content (AvgIpc) is 2.75. The summed E-state index contributed by atoms with van der Waals surface area (Å²) in [6.45, 7) is 3.62. The Kier molecular flexibility index (Phi) is 3.85. The number of ether oxygens (including phenoxy) is 2. The third-order valence-electron chi connectivity index (χ3n) is 2.65. The predicted octanol–water partition coefficient (Wildman–Crippen LogP) is 2.23. The molecule has 0 radical (unpaired) electrons. The van der Waals surface area contributed by atoms with E-state index in [9.17, 15) is 4.79 Å². The van der Waals surface area contributed by atoms with Crippen molar-refractivity contribution in [1.82, 2.24) is 9.78 Å². The normalized spacial score (nSPS) is 10.3. The topological polar surface area (TPSA) is 53.4 Å². The number of nitrogens with zero attached hydrogens (tertiary/aromatic N) is 2. The lowest BCUT2D eigenvalue weighted by molar-refractivity contribution is 0.0818. The Balaban J connectivity index is 2.02. The number of benzene rings is 1. The van der Waals surface area contributed by atoms with E-state index in [1.807, 2.05) is 32.0 Å². The van der Waals surface area contributed by atoms with Gasteiger partial charge in [-0.3, -0.25) is 4.79 Å². The minimum Gasteiger partial charge on any atom is -0.497 e. The highest BCUT2D eigenvalue weighted by Crippen LogP contribution is 2.18. The lowest BCUT2D eigenvalue weighted by Gasteiger charge is -2.07. The van der Waals surface area contributed by atoms with Crippen LogP contribution in [0.2, 0.25) is 0 Å². The van der Waals surface area contributed by atoms with E-state index in [0.717, 1.165) is 11.4 Å². The molecule has 0 saturated heterocycles. The summed E-state index contributed by atoms with van der Waals surface area (Å²) in [6, 6.07) is 8.98. The van der Waals surface area contributed by atoms with Crippen molar-refractivity contribution in [2.45, 2.75) is 13.8 Å². The van der Waals surface area contributed by atoms with Crippen LogP contribution in [0.5, 0.6) is 11.5 Å². The third-order valence-corrected chi connectivity index (χ3v) is 2.65. The van der Waals surface area contributed by atoms with Gasteiger partial charge in [0.15, 0.2) is 6.61 Å². The van der Waals surface area contributed by atoms with Crippen molar-refractivity contribution in [2.75, 3.05) is 13.7 Å². The monoisotopic (exact) mass is 260 g/mol. The van der Waals surface area contributed by atoms with E-state index in [2.05, 4.69) is 5.10 Å². The zero-order valence-electron chi connectivity index (χ0n) is 11.2. The number of hydrogen-bond acceptors (Lipinski definition) is 4. The molecular weight excluding hydrogens is 244 g/mol. The number of aryl methyl sites for hydroxylation is 2. The van der Waals surface area contributed by atoms with Crippen LogP contribution < -0.4 is 9.47 Å². The lowest BCUT2D eigenvalue weighted by atomic mass is 10.3. The van der Waals surface area contributed by atoms with Gasteiger partial charge in [-0.05, 0) is 32.0 Å². The van der Waals surface area contributed by atoms with Gasteiger partial charge in [-0.25, -0.2) is 4.68 Å². The van der Waals surface area contributed by atoms with Crippen LogP contribution in [-0.4, -0.2) is 29.4 Å². The molecule has 0 aliphatic carbocycles. The molecule has 1 heterocycles. The zero-order valence-corrected chi connectivity index (χ0v) is 11.2. The second-order valence-electron chi connectivity index (χ2n) is 4.20. The fourth-order valence-corrected chi connectivity index (χ4v) is 1.78. The van der Waals surface area contributed by atoms with Gasteiger partial charge < -0.3 is 9.47 Å². The Morgan fingerprint density at radius 2 is 2.00 bits per heavy atom. The first-order valence-electron chi connectivity index (χ1n) is 5.93. The minimum absolute atomic E-state index is 0.0604. The zero-order chi connectivity index (χ0) is 13.8. The summed E-state index contributed by atoms with van der Waals surface area (Å²) in [7, 11) is 1.58. The molecule has 100 valence electrons. The van der Waals surface area contributed by atoms with Crippen molar-refractivity contribution in [3.05, 3.63) is 41.7 Å². The second-order valence-corrected chi connectivity index (χ2v) is 4.20. The maximum atomic E-state index is 12.0. The van der Waals surface area contributed by atoms with E-state index in [4.69, 9.17) is 9.47 Å². The molecule has 0 spiro atoms. The summed E-state index contributed by atoms with van der Waals surface area (Å²) in [4.78, 5) is 12.0. The molecule has 5 heteroatoms. The van der Waals surface area contributed by atoms with Crippen molar-refractivity contribution >= 4 is 5.91 Å². The summed E-state index contributed by atoms with van der Waals surface area (Å²) < 4.78 is 11.9. The van der Waals surface area contributed by atoms with E-state index < -0.39 is 0 Å². The SMILES string of the molecule is COc1cccc(OCC(=O)n2nc(C)cc2C)c1. The molecule has 0 aliphatic rings. The number of carbonyl (C=O) groups is 1. The first-order valence-corrected chi connectivity index (χ1v) is 5.93. The summed E-state index contributed by atoms with van der Waals surface area (Å²) in [5.74, 6) is 1.08. The number of hydrogen-bond donors (Lipinski definition) is 0. The van der Waals surface area contributed by atoms with Crippen molar-refractivity contribution in [2.24, 2.45) is 0 Å². The molecule has 19 heavy (non-hydrogen) atoms. The van der Waals surface area contributed by atoms with Crippen LogP contribution >= 0.6 is 0 Å². The molecular formula is C14H16N2O3. The van der Waals surface area contributed by atoms with E-state index >= 15 is 0 Å². The molecule has 0 bridgehead atoms. The molecule has 0 atom stereocenters. The molecule has 2 aromatic rings. The number of carbonyl (C=O) groups excluding carboxylic acids is 1. The fourth-order valence-electron chi connectivity index (χ4n) is 1.78. The minimum atomic E-state index is -0.201. The molecule has 2 rings (SSSR count). The van der Waals surface area contributed by atoms with Gasteiger partial charge in [-0.15, -0.1) is 0 Å². The molecule has 0 N–H and O–H groups in total. The molecule has 1 aromatic heterocycles. The van der Waals surface area contributed by atoms with Crippen LogP contribution in [0, 0.1) is 13.8 Å². The van der Waals surface area contributed by atoms with Gasteiger partial charge in [0.1, 0.15) is 11.5 Å². The average molecular weight is 260 g/mol. The largest absolute Gasteiger partial charge is 0.497 e. The molecule has 0 saturated carbocycles. The molecule has 0 fully saturated rings. The third kappa shape index (κ3) is 3.13. The van der Waals surface area contributed by atoms with Gasteiger partial charge in [0.25, 0.3) is 5.91 Å². The van der Waals surface area contributed by atoms with Crippen molar-refractivity contribution in [3.8, 4) is 11.5 Å². The Morgan fingerprint density at radius 3 is 2.63 bits per heavy atom. The highest BCUT2D eigenvalue weighted by molar-refractivity contribution is 5.80. The van der Waals surface area contributed by atoms with Gasteiger partial charge in [-0.1, -0.05) is 6.07 Å². The van der Waals surface area contributed by atoms with Gasteiger partial charge in [0.05, 0.1) is 12.8 Å². The van der Waals surface area contributed by atoms with Crippen LogP contribution in [0.4, 0.5) is 0 Å². The van der Waals surface area contributed by atoms with E-state index in [1.165, 1.54) is 4.68 Å². The number of methoxy groups -OCH3 is 1. The van der Waals surface area contributed by atoms with Crippen molar-refractivity contribution < 1.29 is 14.3 Å². The van der Waals surface area contributed by atoms with E-state index in [0.29, 0.717) is 11.5 Å². The van der Waals surface area contributed by atoms with Crippen LogP contribution in [-0.2, 0) is 0 Å². The quantitative estimate of drug-likeness (QED) is 0.846. The summed E-state index contributed by atoms with van der Waals surface area (Å²) in [5.41, 5.74) is 1.61. The van der Waals surface area contributed by atoms with Gasteiger partial charge >= 0.3 is 0 Å². The standard InChI is InChI=1S/C14H16N2O3/c1-10-7-11(2)16(15-10)14(17)9-19-13-6-4-5-12(8-13)18-3/h4-8H,9H2,1-3H3. The molecule has 1 aromatic carbocycles. The van der Waals surface area contributed by atoms with Crippen LogP contribution in [0.1, 0.15) is 16.2 Å². The van der Waals surface area contributed by atoms with Gasteiger partial charge in [-0.2, -0.15) is 5.10 Å². The van der Waals surface area contributed by atoms with Crippen LogP contribution in [0.15, 0.2) is 30.3 Å². The van der Waals surface area contributed by atoms with Crippen molar-refractivity contribution in [3.63, 3.8) is 0 Å². The first-order chi connectivity index (χ1) is 9.10. The highest BCUT2D eigenvalue weighted by Gasteiger charge is 2.10. The van der Waals surface area contributed by atoms with Crippen LogP contribution in [0.25, 0.3) is 0 Å². The number of aromatic nitrogens is 2. The Hall–Kier alpha value is -2.30.